The molecule has 1 saturated carbocycles. The zero-order valence-corrected chi connectivity index (χ0v) is 14.0. The first-order valence-electron chi connectivity index (χ1n) is 8.59. The summed E-state index contributed by atoms with van der Waals surface area (Å²) in [6.45, 7) is 1.32. The largest absolute Gasteiger partial charge is 0.331 e. The van der Waals surface area contributed by atoms with E-state index in [4.69, 9.17) is 0 Å². The van der Waals surface area contributed by atoms with Crippen LogP contribution in [-0.4, -0.2) is 32.2 Å². The van der Waals surface area contributed by atoms with Crippen molar-refractivity contribution < 1.29 is 4.48 Å². The molecule has 0 aromatic carbocycles. The van der Waals surface area contributed by atoms with Crippen LogP contribution in [0.25, 0.3) is 0 Å². The fourth-order valence-electron chi connectivity index (χ4n) is 2.73. The third-order valence-electron chi connectivity index (χ3n) is 4.03. The van der Waals surface area contributed by atoms with E-state index < -0.39 is 0 Å². The summed E-state index contributed by atoms with van der Waals surface area (Å²) in [5, 5.41) is 0. The monoisotopic (exact) mass is 277 g/mol. The lowest BCUT2D eigenvalue weighted by atomic mass is 9.99. The molecule has 0 saturated heterocycles. The molecule has 0 amide bonds. The molecule has 0 bridgehead atoms. The standard InChI is InChI=1S/C19H35N/c1-20(2,3)18-14-10-8-6-4-5-7-9-11-15-19-16-12-13-17-19/h12-13,16-17H,4-11,14-15,18H2,1-3H3/q+1. The van der Waals surface area contributed by atoms with E-state index in [0.717, 1.165) is 4.48 Å². The minimum Gasteiger partial charge on any atom is -0.331 e. The molecule has 0 aromatic rings. The average Bonchev–Trinajstić information content (AvgIpc) is 2.87. The Morgan fingerprint density at radius 1 is 0.650 bits per heavy atom. The van der Waals surface area contributed by atoms with Crippen molar-refractivity contribution in [2.75, 3.05) is 27.7 Å². The zero-order valence-electron chi connectivity index (χ0n) is 14.0. The Hall–Kier alpha value is -0.0400. The molecule has 0 heterocycles. The highest BCUT2D eigenvalue weighted by atomic mass is 15.3. The highest BCUT2D eigenvalue weighted by Gasteiger charge is 2.15. The van der Waals surface area contributed by atoms with Crippen LogP contribution in [0, 0.1) is 31.6 Å². The van der Waals surface area contributed by atoms with Gasteiger partial charge in [0.15, 0.2) is 0 Å². The van der Waals surface area contributed by atoms with E-state index in [1.54, 1.807) is 0 Å². The lowest BCUT2D eigenvalue weighted by Crippen LogP contribution is -2.35. The van der Waals surface area contributed by atoms with E-state index in [9.17, 15) is 0 Å². The van der Waals surface area contributed by atoms with Gasteiger partial charge in [0.2, 0.25) is 0 Å². The van der Waals surface area contributed by atoms with E-state index >= 15 is 0 Å². The quantitative estimate of drug-likeness (QED) is 0.348. The molecule has 1 heteroatoms. The van der Waals surface area contributed by atoms with Gasteiger partial charge in [-0.05, 0) is 50.9 Å². The first kappa shape index (κ1) is 18.0. The minimum atomic E-state index is 1.11. The summed E-state index contributed by atoms with van der Waals surface area (Å²) >= 11 is 0. The Morgan fingerprint density at radius 3 is 1.60 bits per heavy atom. The zero-order chi connectivity index (χ0) is 14.7. The van der Waals surface area contributed by atoms with Crippen LogP contribution in [0.3, 0.4) is 0 Å². The van der Waals surface area contributed by atoms with E-state index in [0.29, 0.717) is 0 Å². The molecule has 1 fully saturated rings. The van der Waals surface area contributed by atoms with Crippen LogP contribution in [0.4, 0.5) is 0 Å². The fraction of sp³-hybridized carbons (Fsp3) is 0.737. The average molecular weight is 277 g/mol. The molecule has 0 aromatic heterocycles. The van der Waals surface area contributed by atoms with Crippen LogP contribution in [0.5, 0.6) is 0 Å². The molecule has 115 valence electrons. The molecule has 5 radical (unpaired) electrons. The van der Waals surface area contributed by atoms with Crippen LogP contribution in [0.1, 0.15) is 64.2 Å². The molecule has 1 nitrogen and oxygen atoms in total. The van der Waals surface area contributed by atoms with Gasteiger partial charge in [-0.2, -0.15) is 0 Å². The van der Waals surface area contributed by atoms with E-state index in [1.165, 1.54) is 76.7 Å². The van der Waals surface area contributed by atoms with Gasteiger partial charge in [-0.3, -0.25) is 0 Å². The molecule has 1 aliphatic rings. The summed E-state index contributed by atoms with van der Waals surface area (Å²) in [5.41, 5.74) is 0. The number of nitrogens with zero attached hydrogens (tertiary/aromatic N) is 1. The smallest absolute Gasteiger partial charge is 0.0780 e. The van der Waals surface area contributed by atoms with Gasteiger partial charge < -0.3 is 4.48 Å². The predicted octanol–water partition coefficient (Wildman–Crippen LogP) is 5.00. The van der Waals surface area contributed by atoms with E-state index in [-0.39, 0.29) is 0 Å². The molecule has 0 spiro atoms. The summed E-state index contributed by atoms with van der Waals surface area (Å²) in [6, 6.07) is 0. The van der Waals surface area contributed by atoms with Crippen molar-refractivity contribution in [3.63, 3.8) is 0 Å². The minimum absolute atomic E-state index is 1.11. The van der Waals surface area contributed by atoms with E-state index in [1.807, 2.05) is 0 Å². The number of hydrogen-bond donors (Lipinski definition) is 0. The Kier molecular flexibility index (Phi) is 9.59. The maximum Gasteiger partial charge on any atom is 0.0780 e. The number of rotatable bonds is 12. The van der Waals surface area contributed by atoms with Crippen molar-refractivity contribution in [3.8, 4) is 0 Å². The normalized spacial score (nSPS) is 16.9. The summed E-state index contributed by atoms with van der Waals surface area (Å²) in [7, 11) is 6.86. The maximum absolute atomic E-state index is 2.29. The fourth-order valence-corrected chi connectivity index (χ4v) is 2.73. The van der Waals surface area contributed by atoms with Gasteiger partial charge in [-0.25, -0.2) is 0 Å². The van der Waals surface area contributed by atoms with Gasteiger partial charge in [-0.1, -0.05) is 44.9 Å². The van der Waals surface area contributed by atoms with Gasteiger partial charge in [0.25, 0.3) is 0 Å². The van der Waals surface area contributed by atoms with Gasteiger partial charge in [-0.15, -0.1) is 0 Å². The Morgan fingerprint density at radius 2 is 1.10 bits per heavy atom. The summed E-state index contributed by atoms with van der Waals surface area (Å²) in [4.78, 5) is 0. The lowest BCUT2D eigenvalue weighted by molar-refractivity contribution is -0.870. The van der Waals surface area contributed by atoms with E-state index in [2.05, 4.69) is 46.8 Å². The molecular weight excluding hydrogens is 242 g/mol. The molecule has 0 aliphatic heterocycles. The SMILES string of the molecule is C[N+](C)(C)CCCCCCCCCCC[C]1[CH][CH][CH][CH]1. The number of unbranched alkanes of at least 4 members (excludes halogenated alkanes) is 8. The van der Waals surface area contributed by atoms with Gasteiger partial charge >= 0.3 is 0 Å². The Labute approximate surface area is 128 Å². The molecule has 1 rings (SSSR count). The van der Waals surface area contributed by atoms with Crippen molar-refractivity contribution in [1.29, 1.82) is 0 Å². The van der Waals surface area contributed by atoms with Gasteiger partial charge in [0.1, 0.15) is 0 Å². The van der Waals surface area contributed by atoms with Crippen molar-refractivity contribution in [2.24, 2.45) is 0 Å². The van der Waals surface area contributed by atoms with Crippen molar-refractivity contribution >= 4 is 0 Å². The van der Waals surface area contributed by atoms with Crippen LogP contribution >= 0.6 is 0 Å². The summed E-state index contributed by atoms with van der Waals surface area (Å²) in [6.07, 6.45) is 22.9. The highest BCUT2D eigenvalue weighted by molar-refractivity contribution is 5.34. The first-order valence-corrected chi connectivity index (χ1v) is 8.59. The topological polar surface area (TPSA) is 0 Å². The van der Waals surface area contributed by atoms with Gasteiger partial charge in [0, 0.05) is 0 Å². The molecule has 20 heavy (non-hydrogen) atoms. The number of hydrogen-bond acceptors (Lipinski definition) is 0. The molecular formula is C19H35N+. The van der Waals surface area contributed by atoms with Crippen molar-refractivity contribution in [3.05, 3.63) is 31.6 Å². The number of quaternary nitrogens is 1. The van der Waals surface area contributed by atoms with Crippen LogP contribution in [0.2, 0.25) is 0 Å². The van der Waals surface area contributed by atoms with Crippen LogP contribution in [-0.2, 0) is 0 Å². The van der Waals surface area contributed by atoms with Crippen LogP contribution < -0.4 is 0 Å². The lowest BCUT2D eigenvalue weighted by Gasteiger charge is -2.23. The Bertz CT molecular complexity index is 210. The summed E-state index contributed by atoms with van der Waals surface area (Å²) in [5.74, 6) is 1.52. The Balaban J connectivity index is 1.72. The van der Waals surface area contributed by atoms with Crippen LogP contribution in [0.15, 0.2) is 0 Å². The van der Waals surface area contributed by atoms with Crippen molar-refractivity contribution in [2.45, 2.75) is 64.2 Å². The second-order valence-corrected chi connectivity index (χ2v) is 7.24. The third kappa shape index (κ3) is 10.7. The highest BCUT2D eigenvalue weighted by Crippen LogP contribution is 2.28. The van der Waals surface area contributed by atoms with Crippen molar-refractivity contribution in [1.82, 2.24) is 0 Å². The first-order chi connectivity index (χ1) is 9.58. The molecule has 0 N–H and O–H groups in total. The molecule has 0 atom stereocenters. The second kappa shape index (κ2) is 10.7. The summed E-state index contributed by atoms with van der Waals surface area (Å²) < 4.78 is 1.11. The third-order valence-corrected chi connectivity index (χ3v) is 4.03. The second-order valence-electron chi connectivity index (χ2n) is 7.24. The maximum atomic E-state index is 2.29. The van der Waals surface area contributed by atoms with Gasteiger partial charge in [0.05, 0.1) is 27.7 Å². The molecule has 0 unspecified atom stereocenters. The predicted molar refractivity (Wildman–Crippen MR) is 89.5 cm³/mol. The molecule has 1 aliphatic carbocycles.